The summed E-state index contributed by atoms with van der Waals surface area (Å²) in [4.78, 5) is 3.89. The summed E-state index contributed by atoms with van der Waals surface area (Å²) in [5, 5.41) is 8.94. The van der Waals surface area contributed by atoms with Crippen LogP contribution in [-0.2, 0) is 9.09 Å². The van der Waals surface area contributed by atoms with Crippen LogP contribution in [-0.4, -0.2) is 23.0 Å². The molecule has 0 amide bonds. The van der Waals surface area contributed by atoms with Gasteiger partial charge in [0.1, 0.15) is 11.8 Å². The van der Waals surface area contributed by atoms with E-state index < -0.39 is 13.7 Å². The van der Waals surface area contributed by atoms with Gasteiger partial charge in [-0.3, -0.25) is 9.55 Å². The van der Waals surface area contributed by atoms with Crippen LogP contribution in [0.3, 0.4) is 0 Å². The van der Waals surface area contributed by atoms with Crippen LogP contribution in [0.15, 0.2) is 24.4 Å². The minimum Gasteiger partial charge on any atom is -0.386 e. The first-order valence-corrected chi connectivity index (χ1v) is 5.80. The monoisotopic (exact) mass is 201 g/mol. The number of aliphatic hydroxyl groups excluding tert-OH is 1. The molecule has 1 aromatic rings. The second-order valence-electron chi connectivity index (χ2n) is 2.42. The number of pyridine rings is 1. The molecule has 0 saturated heterocycles. The smallest absolute Gasteiger partial charge is 0.274 e. The molecule has 0 saturated carbocycles. The highest BCUT2D eigenvalue weighted by Crippen LogP contribution is 2.43. The van der Waals surface area contributed by atoms with Crippen molar-refractivity contribution in [1.82, 2.24) is 4.98 Å². The predicted molar refractivity (Wildman–Crippen MR) is 50.2 cm³/mol. The Morgan fingerprint density at radius 3 is 2.85 bits per heavy atom. The molecule has 4 nitrogen and oxygen atoms in total. The average molecular weight is 201 g/mol. The van der Waals surface area contributed by atoms with Crippen molar-refractivity contribution in [2.45, 2.75) is 6.92 Å². The third-order valence-electron chi connectivity index (χ3n) is 1.52. The second-order valence-corrected chi connectivity index (χ2v) is 4.77. The van der Waals surface area contributed by atoms with Gasteiger partial charge in [-0.15, -0.1) is 0 Å². The van der Waals surface area contributed by atoms with E-state index in [9.17, 15) is 4.57 Å². The molecular formula is C8H12NO3P. The summed E-state index contributed by atoms with van der Waals surface area (Å²) >= 11 is 0. The van der Waals surface area contributed by atoms with Gasteiger partial charge in [-0.05, 0) is 19.1 Å². The summed E-state index contributed by atoms with van der Waals surface area (Å²) in [6.07, 6.45) is 1.02. The molecule has 1 N–H and O–H groups in total. The average Bonchev–Trinajstić information content (AvgIpc) is 2.19. The maximum absolute atomic E-state index is 11.8. The molecule has 1 atom stereocenters. The molecule has 0 spiro atoms. The minimum absolute atomic E-state index is 0.300. The molecule has 0 unspecified atom stereocenters. The number of aromatic nitrogens is 1. The van der Waals surface area contributed by atoms with Gasteiger partial charge in [0.15, 0.2) is 0 Å². The van der Waals surface area contributed by atoms with E-state index in [2.05, 4.69) is 4.98 Å². The Balaban J connectivity index is 2.96. The van der Waals surface area contributed by atoms with Crippen molar-refractivity contribution in [2.24, 2.45) is 0 Å². The van der Waals surface area contributed by atoms with Gasteiger partial charge in [0.2, 0.25) is 0 Å². The van der Waals surface area contributed by atoms with E-state index in [-0.39, 0.29) is 0 Å². The third kappa shape index (κ3) is 2.37. The molecule has 5 heteroatoms. The highest BCUT2D eigenvalue weighted by atomic mass is 31.2. The fourth-order valence-electron chi connectivity index (χ4n) is 0.943. The lowest BCUT2D eigenvalue weighted by Crippen LogP contribution is -2.13. The van der Waals surface area contributed by atoms with Gasteiger partial charge in [0.05, 0.1) is 6.61 Å². The zero-order valence-corrected chi connectivity index (χ0v) is 8.28. The highest BCUT2D eigenvalue weighted by Gasteiger charge is 2.25. The largest absolute Gasteiger partial charge is 0.386 e. The SMILES string of the molecule is CCO[P@@](=O)(CO)c1ccccn1. The van der Waals surface area contributed by atoms with E-state index in [0.717, 1.165) is 0 Å². The maximum atomic E-state index is 11.8. The topological polar surface area (TPSA) is 59.4 Å². The molecule has 0 radical (unpaired) electrons. The first-order valence-electron chi connectivity index (χ1n) is 3.99. The van der Waals surface area contributed by atoms with Crippen LogP contribution in [0.5, 0.6) is 0 Å². The summed E-state index contributed by atoms with van der Waals surface area (Å²) in [5.41, 5.74) is 0.319. The summed E-state index contributed by atoms with van der Waals surface area (Å²) in [6, 6.07) is 5.02. The van der Waals surface area contributed by atoms with Gasteiger partial charge in [0.25, 0.3) is 7.37 Å². The lowest BCUT2D eigenvalue weighted by molar-refractivity contribution is 0.290. The van der Waals surface area contributed by atoms with E-state index in [1.54, 1.807) is 25.1 Å². The van der Waals surface area contributed by atoms with Crippen molar-refractivity contribution in [3.63, 3.8) is 0 Å². The van der Waals surface area contributed by atoms with Crippen LogP contribution in [0.25, 0.3) is 0 Å². The summed E-state index contributed by atoms with van der Waals surface area (Å²) < 4.78 is 16.9. The van der Waals surface area contributed by atoms with Crippen molar-refractivity contribution in [3.05, 3.63) is 24.4 Å². The molecule has 1 aromatic heterocycles. The van der Waals surface area contributed by atoms with Crippen LogP contribution in [0.2, 0.25) is 0 Å². The number of hydrogen-bond acceptors (Lipinski definition) is 4. The Hall–Kier alpha value is -0.700. The van der Waals surface area contributed by atoms with Crippen LogP contribution >= 0.6 is 7.37 Å². The Morgan fingerprint density at radius 2 is 2.38 bits per heavy atom. The molecule has 13 heavy (non-hydrogen) atoms. The van der Waals surface area contributed by atoms with Crippen molar-refractivity contribution in [3.8, 4) is 0 Å². The van der Waals surface area contributed by atoms with Gasteiger partial charge in [0, 0.05) is 6.20 Å². The van der Waals surface area contributed by atoms with E-state index in [1.165, 1.54) is 6.20 Å². The van der Waals surface area contributed by atoms with E-state index in [0.29, 0.717) is 12.0 Å². The third-order valence-corrected chi connectivity index (χ3v) is 3.53. The summed E-state index contributed by atoms with van der Waals surface area (Å²) in [7, 11) is -3.11. The Kier molecular flexibility index (Phi) is 3.60. The zero-order valence-electron chi connectivity index (χ0n) is 7.38. The van der Waals surface area contributed by atoms with Crippen molar-refractivity contribution < 1.29 is 14.2 Å². The summed E-state index contributed by atoms with van der Waals surface area (Å²) in [5.74, 6) is 0. The first kappa shape index (κ1) is 10.4. The molecule has 72 valence electrons. The van der Waals surface area contributed by atoms with E-state index in [1.807, 2.05) is 0 Å². The standard InChI is InChI=1S/C8H12NO3P/c1-2-12-13(11,7-10)8-5-3-4-6-9-8/h3-6,10H,2,7H2,1H3/t13-/m0/s1. The molecule has 0 aliphatic carbocycles. The molecular weight excluding hydrogens is 189 g/mol. The fraction of sp³-hybridized carbons (Fsp3) is 0.375. The molecule has 1 heterocycles. The van der Waals surface area contributed by atoms with E-state index >= 15 is 0 Å². The van der Waals surface area contributed by atoms with Crippen molar-refractivity contribution >= 4 is 12.8 Å². The lowest BCUT2D eigenvalue weighted by Gasteiger charge is -2.13. The normalized spacial score (nSPS) is 15.2. The Morgan fingerprint density at radius 1 is 1.62 bits per heavy atom. The minimum atomic E-state index is -3.11. The van der Waals surface area contributed by atoms with Gasteiger partial charge >= 0.3 is 0 Å². The number of hydrogen-bond donors (Lipinski definition) is 1. The van der Waals surface area contributed by atoms with Crippen molar-refractivity contribution in [2.75, 3.05) is 13.0 Å². The molecule has 1 rings (SSSR count). The number of rotatable bonds is 4. The second kappa shape index (κ2) is 4.51. The first-order chi connectivity index (χ1) is 6.23. The van der Waals surface area contributed by atoms with Crippen LogP contribution < -0.4 is 5.44 Å². The van der Waals surface area contributed by atoms with Crippen molar-refractivity contribution in [1.29, 1.82) is 0 Å². The molecule has 0 aromatic carbocycles. The predicted octanol–water partition coefficient (Wildman–Crippen LogP) is 0.971. The quantitative estimate of drug-likeness (QED) is 0.737. The van der Waals surface area contributed by atoms with Crippen LogP contribution in [0, 0.1) is 0 Å². The molecule has 0 aliphatic rings. The zero-order chi connectivity index (χ0) is 9.73. The highest BCUT2D eigenvalue weighted by molar-refractivity contribution is 7.66. The summed E-state index contributed by atoms with van der Waals surface area (Å²) in [6.45, 7) is 2.03. The van der Waals surface area contributed by atoms with Gasteiger partial charge in [-0.25, -0.2) is 0 Å². The van der Waals surface area contributed by atoms with E-state index in [4.69, 9.17) is 9.63 Å². The fourth-order valence-corrected chi connectivity index (χ4v) is 2.27. The lowest BCUT2D eigenvalue weighted by atomic mass is 10.5. The molecule has 0 fully saturated rings. The maximum Gasteiger partial charge on any atom is 0.274 e. The Labute approximate surface area is 77.0 Å². The van der Waals surface area contributed by atoms with Gasteiger partial charge < -0.3 is 9.63 Å². The number of aliphatic hydroxyl groups is 1. The van der Waals surface area contributed by atoms with Crippen LogP contribution in [0.1, 0.15) is 6.92 Å². The molecule has 0 bridgehead atoms. The Bertz CT molecular complexity index is 302. The van der Waals surface area contributed by atoms with Crippen LogP contribution in [0.4, 0.5) is 0 Å². The van der Waals surface area contributed by atoms with Gasteiger partial charge in [-0.1, -0.05) is 6.07 Å². The van der Waals surface area contributed by atoms with Gasteiger partial charge in [-0.2, -0.15) is 0 Å². The molecule has 0 aliphatic heterocycles. The number of nitrogens with zero attached hydrogens (tertiary/aromatic N) is 1.